The average Bonchev–Trinajstić information content (AvgIpc) is 3.32. The Bertz CT molecular complexity index is 1420. The van der Waals surface area contributed by atoms with Gasteiger partial charge in [0, 0.05) is 31.5 Å². The number of amides is 1. The van der Waals surface area contributed by atoms with Gasteiger partial charge in [-0.2, -0.15) is 13.2 Å². The molecular weight excluding hydrogens is 489 g/mol. The predicted molar refractivity (Wildman–Crippen MR) is 143 cm³/mol. The summed E-state index contributed by atoms with van der Waals surface area (Å²) in [6.45, 7) is 6.09. The number of hydrogen-bond acceptors (Lipinski definition) is 3. The van der Waals surface area contributed by atoms with Crippen molar-refractivity contribution in [2.75, 3.05) is 18.0 Å². The topological polar surface area (TPSA) is 49.6 Å². The van der Waals surface area contributed by atoms with Crippen LogP contribution in [0.15, 0.2) is 66.9 Å². The number of carbonyl (C=O) groups is 1. The summed E-state index contributed by atoms with van der Waals surface area (Å²) < 4.78 is 40.4. The van der Waals surface area contributed by atoms with Crippen molar-refractivity contribution in [1.82, 2.24) is 14.7 Å². The molecule has 198 valence electrons. The number of halogens is 3. The van der Waals surface area contributed by atoms with Gasteiger partial charge in [-0.25, -0.2) is 4.98 Å². The Hall–Kier alpha value is -3.81. The molecule has 4 aromatic rings. The lowest BCUT2D eigenvalue weighted by atomic mass is 9.88. The molecular formula is C30H31F3N4O. The number of pyridine rings is 1. The first-order valence-corrected chi connectivity index (χ1v) is 13.0. The summed E-state index contributed by atoms with van der Waals surface area (Å²) in [4.78, 5) is 20.0. The Morgan fingerprint density at radius 1 is 1.03 bits per heavy atom. The molecule has 0 spiro atoms. The van der Waals surface area contributed by atoms with Gasteiger partial charge in [-0.05, 0) is 79.1 Å². The maximum Gasteiger partial charge on any atom is 0.416 e. The van der Waals surface area contributed by atoms with Gasteiger partial charge in [0.15, 0.2) is 0 Å². The first-order valence-electron chi connectivity index (χ1n) is 13.0. The predicted octanol–water partition coefficient (Wildman–Crippen LogP) is 6.54. The molecule has 1 saturated heterocycles. The molecule has 3 heterocycles. The van der Waals surface area contributed by atoms with Gasteiger partial charge in [0.2, 0.25) is 0 Å². The first kappa shape index (κ1) is 25.8. The molecule has 2 aromatic carbocycles. The van der Waals surface area contributed by atoms with Crippen molar-refractivity contribution in [2.24, 2.45) is 0 Å². The molecule has 1 fully saturated rings. The van der Waals surface area contributed by atoms with Crippen molar-refractivity contribution in [3.8, 4) is 0 Å². The van der Waals surface area contributed by atoms with Gasteiger partial charge in [-0.3, -0.25) is 9.20 Å². The van der Waals surface area contributed by atoms with E-state index in [-0.39, 0.29) is 11.8 Å². The Morgan fingerprint density at radius 2 is 1.71 bits per heavy atom. The smallest absolute Gasteiger partial charge is 0.371 e. The fourth-order valence-corrected chi connectivity index (χ4v) is 5.24. The Balaban J connectivity index is 1.18. The Morgan fingerprint density at radius 3 is 2.34 bits per heavy atom. The lowest BCUT2D eigenvalue weighted by Gasteiger charge is -2.34. The van der Waals surface area contributed by atoms with E-state index in [0.29, 0.717) is 18.7 Å². The average molecular weight is 521 g/mol. The summed E-state index contributed by atoms with van der Waals surface area (Å²) >= 11 is 0. The van der Waals surface area contributed by atoms with E-state index in [1.165, 1.54) is 12.1 Å². The van der Waals surface area contributed by atoms with Gasteiger partial charge in [0.25, 0.3) is 5.91 Å². The summed E-state index contributed by atoms with van der Waals surface area (Å²) in [5.74, 6) is 0.119. The third-order valence-corrected chi connectivity index (χ3v) is 7.43. The van der Waals surface area contributed by atoms with E-state index in [4.69, 9.17) is 0 Å². The lowest BCUT2D eigenvalue weighted by molar-refractivity contribution is -0.137. The van der Waals surface area contributed by atoms with Gasteiger partial charge in [0.05, 0.1) is 11.3 Å². The van der Waals surface area contributed by atoms with Crippen molar-refractivity contribution in [1.29, 1.82) is 0 Å². The second-order valence-electron chi connectivity index (χ2n) is 9.88. The van der Waals surface area contributed by atoms with Crippen LogP contribution in [-0.2, 0) is 19.1 Å². The highest BCUT2D eigenvalue weighted by atomic mass is 19.4. The third kappa shape index (κ3) is 5.26. The third-order valence-electron chi connectivity index (χ3n) is 7.43. The first-order chi connectivity index (χ1) is 18.2. The number of carbonyl (C=O) groups excluding carboxylic acids is 1. The highest BCUT2D eigenvalue weighted by Crippen LogP contribution is 2.34. The molecule has 38 heavy (non-hydrogen) atoms. The number of alkyl halides is 3. The second-order valence-corrected chi connectivity index (χ2v) is 9.88. The van der Waals surface area contributed by atoms with E-state index in [9.17, 15) is 18.0 Å². The van der Waals surface area contributed by atoms with Gasteiger partial charge < -0.3 is 10.2 Å². The Kier molecular flexibility index (Phi) is 7.15. The van der Waals surface area contributed by atoms with Crippen LogP contribution in [0.25, 0.3) is 5.65 Å². The maximum absolute atomic E-state index is 13.1. The summed E-state index contributed by atoms with van der Waals surface area (Å²) in [5.41, 5.74) is 5.68. The number of hydrogen-bond donors (Lipinski definition) is 1. The molecule has 8 heteroatoms. The summed E-state index contributed by atoms with van der Waals surface area (Å²) in [6, 6.07) is 17.7. The molecule has 2 aromatic heterocycles. The van der Waals surface area contributed by atoms with Crippen molar-refractivity contribution >= 4 is 17.2 Å². The molecule has 1 aliphatic rings. The number of imidazole rings is 1. The number of anilines is 1. The normalized spacial score (nSPS) is 14.7. The monoisotopic (exact) mass is 520 g/mol. The quantitative estimate of drug-likeness (QED) is 0.314. The van der Waals surface area contributed by atoms with Crippen LogP contribution in [0.2, 0.25) is 0 Å². The standard InChI is InChI=1S/C30H31F3N4O/c1-3-26-27(37-16-4-5-20(2)28(37)35-26)29(38)34-19-21-6-12-25(13-7-21)36-17-14-23(15-18-36)22-8-10-24(11-9-22)30(31,32)33/h4-13,16,23H,3,14-15,17-19H2,1-2H3,(H,34,38). The van der Waals surface area contributed by atoms with Crippen LogP contribution in [0.4, 0.5) is 18.9 Å². The largest absolute Gasteiger partial charge is 0.416 e. The lowest BCUT2D eigenvalue weighted by Crippen LogP contribution is -2.32. The summed E-state index contributed by atoms with van der Waals surface area (Å²) in [7, 11) is 0. The van der Waals surface area contributed by atoms with Crippen LogP contribution in [0.3, 0.4) is 0 Å². The molecule has 0 unspecified atom stereocenters. The van der Waals surface area contributed by atoms with E-state index in [1.807, 2.05) is 48.7 Å². The number of nitrogens with one attached hydrogen (secondary N) is 1. The van der Waals surface area contributed by atoms with Gasteiger partial charge in [0.1, 0.15) is 11.3 Å². The zero-order valence-corrected chi connectivity index (χ0v) is 21.6. The number of rotatable bonds is 6. The van der Waals surface area contributed by atoms with Gasteiger partial charge in [-0.1, -0.05) is 37.3 Å². The number of fused-ring (bicyclic) bond motifs is 1. The highest BCUT2D eigenvalue weighted by molar-refractivity contribution is 5.94. The van der Waals surface area contributed by atoms with Crippen molar-refractivity contribution in [2.45, 2.75) is 51.7 Å². The second kappa shape index (κ2) is 10.5. The molecule has 5 nitrogen and oxygen atoms in total. The molecule has 0 bridgehead atoms. The molecule has 0 saturated carbocycles. The van der Waals surface area contributed by atoms with Crippen molar-refractivity contribution < 1.29 is 18.0 Å². The fourth-order valence-electron chi connectivity index (χ4n) is 5.24. The Labute approximate surface area is 220 Å². The molecule has 1 aliphatic heterocycles. The minimum Gasteiger partial charge on any atom is -0.371 e. The van der Waals surface area contributed by atoms with Crippen molar-refractivity contribution in [3.63, 3.8) is 0 Å². The van der Waals surface area contributed by atoms with Crippen molar-refractivity contribution in [3.05, 3.63) is 101 Å². The number of aromatic nitrogens is 2. The van der Waals surface area contributed by atoms with E-state index in [0.717, 1.165) is 59.7 Å². The van der Waals surface area contributed by atoms with Crippen LogP contribution in [-0.4, -0.2) is 28.4 Å². The van der Waals surface area contributed by atoms with E-state index >= 15 is 0 Å². The van der Waals surface area contributed by atoms with E-state index in [2.05, 4.69) is 27.3 Å². The van der Waals surface area contributed by atoms with Gasteiger partial charge >= 0.3 is 6.18 Å². The molecule has 0 radical (unpaired) electrons. The molecule has 0 atom stereocenters. The van der Waals surface area contributed by atoms with E-state index < -0.39 is 11.7 Å². The summed E-state index contributed by atoms with van der Waals surface area (Å²) in [5, 5.41) is 3.04. The van der Waals surface area contributed by atoms with Crippen LogP contribution >= 0.6 is 0 Å². The number of nitrogens with zero attached hydrogens (tertiary/aromatic N) is 3. The van der Waals surface area contributed by atoms with Gasteiger partial charge in [-0.15, -0.1) is 0 Å². The van der Waals surface area contributed by atoms with Crippen LogP contribution in [0.1, 0.15) is 64.1 Å². The molecule has 1 amide bonds. The minimum absolute atomic E-state index is 0.144. The maximum atomic E-state index is 13.1. The molecule has 5 rings (SSSR count). The van der Waals surface area contributed by atoms with E-state index in [1.54, 1.807) is 12.1 Å². The highest BCUT2D eigenvalue weighted by Gasteiger charge is 2.30. The van der Waals surface area contributed by atoms with Crippen LogP contribution in [0, 0.1) is 6.92 Å². The number of piperidine rings is 1. The molecule has 1 N–H and O–H groups in total. The number of benzene rings is 2. The number of aryl methyl sites for hydroxylation is 2. The summed E-state index contributed by atoms with van der Waals surface area (Å²) in [6.07, 6.45) is 0.0267. The molecule has 0 aliphatic carbocycles. The minimum atomic E-state index is -4.30. The van der Waals surface area contributed by atoms with Crippen LogP contribution in [0.5, 0.6) is 0 Å². The zero-order chi connectivity index (χ0) is 26.9. The SMILES string of the molecule is CCc1nc2c(C)cccn2c1C(=O)NCc1ccc(N2CCC(c3ccc(C(F)(F)F)cc3)CC2)cc1. The van der Waals surface area contributed by atoms with Crippen LogP contribution < -0.4 is 10.2 Å². The fraction of sp³-hybridized carbons (Fsp3) is 0.333. The zero-order valence-electron chi connectivity index (χ0n) is 21.6.